The number of hydrogen-bond acceptors (Lipinski definition) is 2. The van der Waals surface area contributed by atoms with E-state index < -0.39 is 0 Å². The molecular formula is C15H14Cl3NO. The van der Waals surface area contributed by atoms with E-state index >= 15 is 0 Å². The molecular weight excluding hydrogens is 317 g/mol. The second kappa shape index (κ2) is 7.19. The van der Waals surface area contributed by atoms with Crippen LogP contribution in [0.15, 0.2) is 36.4 Å². The van der Waals surface area contributed by atoms with Crippen molar-refractivity contribution in [3.8, 4) is 5.75 Å². The van der Waals surface area contributed by atoms with Gasteiger partial charge in [0.05, 0.1) is 10.0 Å². The Morgan fingerprint density at radius 2 is 1.85 bits per heavy atom. The first-order valence-corrected chi connectivity index (χ1v) is 7.24. The molecule has 20 heavy (non-hydrogen) atoms. The van der Waals surface area contributed by atoms with Crippen molar-refractivity contribution in [1.82, 2.24) is 5.32 Å². The molecule has 0 spiro atoms. The van der Waals surface area contributed by atoms with Gasteiger partial charge in [0.1, 0.15) is 12.4 Å². The fraction of sp³-hybridized carbons (Fsp3) is 0.200. The Morgan fingerprint density at radius 1 is 1.05 bits per heavy atom. The number of ether oxygens (including phenoxy) is 1. The van der Waals surface area contributed by atoms with Gasteiger partial charge >= 0.3 is 0 Å². The van der Waals surface area contributed by atoms with Crippen LogP contribution in [0.25, 0.3) is 0 Å². The van der Waals surface area contributed by atoms with Crippen molar-refractivity contribution in [1.29, 1.82) is 0 Å². The Labute approximate surface area is 133 Å². The summed E-state index contributed by atoms with van der Waals surface area (Å²) in [5.74, 6) is 0.778. The topological polar surface area (TPSA) is 21.3 Å². The van der Waals surface area contributed by atoms with Crippen LogP contribution in [-0.4, -0.2) is 7.05 Å². The van der Waals surface area contributed by atoms with Crippen LogP contribution in [0.1, 0.15) is 11.1 Å². The molecule has 0 aromatic heterocycles. The van der Waals surface area contributed by atoms with Crippen LogP contribution in [0, 0.1) is 0 Å². The summed E-state index contributed by atoms with van der Waals surface area (Å²) in [6, 6.07) is 11.0. The first-order chi connectivity index (χ1) is 9.61. The molecule has 2 aromatic rings. The number of rotatable bonds is 5. The highest BCUT2D eigenvalue weighted by atomic mass is 35.5. The minimum atomic E-state index is 0.359. The lowest BCUT2D eigenvalue weighted by Gasteiger charge is -2.13. The van der Waals surface area contributed by atoms with Gasteiger partial charge in [-0.2, -0.15) is 0 Å². The molecule has 1 N–H and O–H groups in total. The summed E-state index contributed by atoms with van der Waals surface area (Å²) < 4.78 is 5.82. The van der Waals surface area contributed by atoms with Gasteiger partial charge in [0, 0.05) is 22.7 Å². The van der Waals surface area contributed by atoms with E-state index in [0.717, 1.165) is 16.9 Å². The molecule has 2 rings (SSSR count). The Kier molecular flexibility index (Phi) is 5.55. The van der Waals surface area contributed by atoms with E-state index in [1.165, 1.54) is 0 Å². The molecule has 0 aliphatic rings. The third kappa shape index (κ3) is 3.80. The summed E-state index contributed by atoms with van der Waals surface area (Å²) in [4.78, 5) is 0. The van der Waals surface area contributed by atoms with Crippen molar-refractivity contribution in [2.75, 3.05) is 7.05 Å². The van der Waals surface area contributed by atoms with Gasteiger partial charge in [0.25, 0.3) is 0 Å². The molecule has 2 nitrogen and oxygen atoms in total. The molecule has 0 unspecified atom stereocenters. The zero-order valence-electron chi connectivity index (χ0n) is 10.9. The summed E-state index contributed by atoms with van der Waals surface area (Å²) in [5, 5.41) is 4.82. The largest absolute Gasteiger partial charge is 0.489 e. The lowest BCUT2D eigenvalue weighted by atomic mass is 10.2. The molecule has 2 aromatic carbocycles. The van der Waals surface area contributed by atoms with Crippen molar-refractivity contribution in [3.05, 3.63) is 62.6 Å². The minimum absolute atomic E-state index is 0.359. The summed E-state index contributed by atoms with van der Waals surface area (Å²) in [7, 11) is 1.87. The highest BCUT2D eigenvalue weighted by Crippen LogP contribution is 2.28. The van der Waals surface area contributed by atoms with E-state index in [-0.39, 0.29) is 0 Å². The lowest BCUT2D eigenvalue weighted by molar-refractivity contribution is 0.302. The van der Waals surface area contributed by atoms with E-state index in [0.29, 0.717) is 28.2 Å². The normalized spacial score (nSPS) is 10.6. The number of benzene rings is 2. The molecule has 0 saturated carbocycles. The summed E-state index contributed by atoms with van der Waals surface area (Å²) in [6.07, 6.45) is 0. The van der Waals surface area contributed by atoms with Gasteiger partial charge in [-0.25, -0.2) is 0 Å². The Hall–Kier alpha value is -0.930. The molecule has 0 heterocycles. The molecule has 0 saturated heterocycles. The molecule has 0 radical (unpaired) electrons. The molecule has 0 fully saturated rings. The maximum absolute atomic E-state index is 6.14. The molecule has 0 aliphatic carbocycles. The predicted molar refractivity (Wildman–Crippen MR) is 85.0 cm³/mol. The molecule has 0 aliphatic heterocycles. The average molecular weight is 331 g/mol. The second-order valence-electron chi connectivity index (χ2n) is 4.28. The molecule has 5 heteroatoms. The smallest absolute Gasteiger partial charge is 0.124 e. The number of halogens is 3. The van der Waals surface area contributed by atoms with Crippen LogP contribution >= 0.6 is 34.8 Å². The third-order valence-corrected chi connectivity index (χ3v) is 3.90. The highest BCUT2D eigenvalue weighted by molar-refractivity contribution is 6.42. The van der Waals surface area contributed by atoms with Crippen LogP contribution in [-0.2, 0) is 13.2 Å². The summed E-state index contributed by atoms with van der Waals surface area (Å²) in [6.45, 7) is 1.04. The standard InChI is InChI=1S/C15H14Cl3NO/c1-19-8-11-7-12(16)5-6-14(11)20-9-10-3-2-4-13(17)15(10)18/h2-7,19H,8-9H2,1H3. The van der Waals surface area contributed by atoms with E-state index in [1.807, 2.05) is 31.3 Å². The van der Waals surface area contributed by atoms with Crippen molar-refractivity contribution in [2.45, 2.75) is 13.2 Å². The van der Waals surface area contributed by atoms with Gasteiger partial charge < -0.3 is 10.1 Å². The van der Waals surface area contributed by atoms with E-state index in [2.05, 4.69) is 5.32 Å². The fourth-order valence-electron chi connectivity index (χ4n) is 1.83. The third-order valence-electron chi connectivity index (χ3n) is 2.80. The molecule has 0 atom stereocenters. The summed E-state index contributed by atoms with van der Waals surface area (Å²) in [5.41, 5.74) is 1.85. The van der Waals surface area contributed by atoms with Crippen LogP contribution < -0.4 is 10.1 Å². The summed E-state index contributed by atoms with van der Waals surface area (Å²) >= 11 is 18.1. The van der Waals surface area contributed by atoms with Gasteiger partial charge in [-0.1, -0.05) is 46.9 Å². The van der Waals surface area contributed by atoms with E-state index in [1.54, 1.807) is 12.1 Å². The maximum atomic E-state index is 6.14. The van der Waals surface area contributed by atoms with Gasteiger partial charge in [-0.3, -0.25) is 0 Å². The van der Waals surface area contributed by atoms with E-state index in [4.69, 9.17) is 39.5 Å². The van der Waals surface area contributed by atoms with Crippen molar-refractivity contribution >= 4 is 34.8 Å². The zero-order valence-corrected chi connectivity index (χ0v) is 13.2. The predicted octanol–water partition coefficient (Wildman–Crippen LogP) is 4.95. The quantitative estimate of drug-likeness (QED) is 0.838. The Morgan fingerprint density at radius 3 is 2.60 bits per heavy atom. The van der Waals surface area contributed by atoms with E-state index in [9.17, 15) is 0 Å². The van der Waals surface area contributed by atoms with Crippen LogP contribution in [0.2, 0.25) is 15.1 Å². The first-order valence-electron chi connectivity index (χ1n) is 6.10. The average Bonchev–Trinajstić information content (AvgIpc) is 2.42. The lowest BCUT2D eigenvalue weighted by Crippen LogP contribution is -2.07. The van der Waals surface area contributed by atoms with Gasteiger partial charge in [0.2, 0.25) is 0 Å². The highest BCUT2D eigenvalue weighted by Gasteiger charge is 2.08. The molecule has 0 bridgehead atoms. The minimum Gasteiger partial charge on any atom is -0.489 e. The van der Waals surface area contributed by atoms with Gasteiger partial charge in [0.15, 0.2) is 0 Å². The molecule has 0 amide bonds. The second-order valence-corrected chi connectivity index (χ2v) is 5.51. The van der Waals surface area contributed by atoms with Crippen LogP contribution in [0.4, 0.5) is 0 Å². The Balaban J connectivity index is 2.16. The SMILES string of the molecule is CNCc1cc(Cl)ccc1OCc1cccc(Cl)c1Cl. The monoisotopic (exact) mass is 329 g/mol. The zero-order chi connectivity index (χ0) is 14.5. The van der Waals surface area contributed by atoms with Crippen LogP contribution in [0.3, 0.4) is 0 Å². The Bertz CT molecular complexity index is 602. The molecule has 106 valence electrons. The number of nitrogens with one attached hydrogen (secondary N) is 1. The number of hydrogen-bond donors (Lipinski definition) is 1. The van der Waals surface area contributed by atoms with Crippen molar-refractivity contribution in [3.63, 3.8) is 0 Å². The first kappa shape index (κ1) is 15.5. The fourth-order valence-corrected chi connectivity index (χ4v) is 2.40. The van der Waals surface area contributed by atoms with Crippen molar-refractivity contribution < 1.29 is 4.74 Å². The maximum Gasteiger partial charge on any atom is 0.124 e. The van der Waals surface area contributed by atoms with Gasteiger partial charge in [-0.15, -0.1) is 0 Å². The van der Waals surface area contributed by atoms with Crippen LogP contribution in [0.5, 0.6) is 5.75 Å². The van der Waals surface area contributed by atoms with Gasteiger partial charge in [-0.05, 0) is 31.3 Å². The van der Waals surface area contributed by atoms with Crippen molar-refractivity contribution in [2.24, 2.45) is 0 Å².